The highest BCUT2D eigenvalue weighted by Gasteiger charge is 2.36. The lowest BCUT2D eigenvalue weighted by atomic mass is 9.74. The molecule has 0 N–H and O–H groups in total. The van der Waals surface area contributed by atoms with Gasteiger partial charge in [0.05, 0.1) is 0 Å². The molecule has 0 radical (unpaired) electrons. The van der Waals surface area contributed by atoms with E-state index in [-0.39, 0.29) is 0 Å². The molecule has 6 aliphatic carbocycles. The topological polar surface area (TPSA) is 0 Å². The van der Waals surface area contributed by atoms with E-state index >= 15 is 0 Å². The van der Waals surface area contributed by atoms with Crippen molar-refractivity contribution in [2.75, 3.05) is 0 Å². The summed E-state index contributed by atoms with van der Waals surface area (Å²) >= 11 is 0. The predicted octanol–water partition coefficient (Wildman–Crippen LogP) is 14.9. The Labute approximate surface area is 274 Å². The molecule has 6 fully saturated rings. The third kappa shape index (κ3) is 16.9. The molecule has 0 aliphatic heterocycles. The van der Waals surface area contributed by atoms with E-state index in [4.69, 9.17) is 0 Å². The van der Waals surface area contributed by atoms with Crippen LogP contribution in [0.25, 0.3) is 0 Å². The Bertz CT molecular complexity index is 604. The van der Waals surface area contributed by atoms with Crippen LogP contribution in [0.2, 0.25) is 0 Å². The average molecular weight is 601 g/mol. The molecular weight excluding hydrogens is 516 g/mol. The molecular formula is C43H84. The summed E-state index contributed by atoms with van der Waals surface area (Å²) in [6.45, 7) is 21.0. The van der Waals surface area contributed by atoms with Gasteiger partial charge in [0, 0.05) is 0 Å². The number of hydrogen-bond acceptors (Lipinski definition) is 0. The van der Waals surface area contributed by atoms with Gasteiger partial charge in [0.15, 0.2) is 0 Å². The highest BCUT2D eigenvalue weighted by molar-refractivity contribution is 4.87. The molecule has 7 atom stereocenters. The van der Waals surface area contributed by atoms with Crippen molar-refractivity contribution in [3.63, 3.8) is 0 Å². The molecule has 0 spiro atoms. The Morgan fingerprint density at radius 1 is 0.395 bits per heavy atom. The molecule has 0 aromatic rings. The molecule has 6 aliphatic rings. The predicted molar refractivity (Wildman–Crippen MR) is 196 cm³/mol. The van der Waals surface area contributed by atoms with Gasteiger partial charge in [-0.3, -0.25) is 0 Å². The van der Waals surface area contributed by atoms with Crippen LogP contribution in [0.3, 0.4) is 0 Å². The fraction of sp³-hybridized carbons (Fsp3) is 1.00. The quantitative estimate of drug-likeness (QED) is 0.302. The van der Waals surface area contributed by atoms with E-state index < -0.39 is 0 Å². The molecule has 0 heterocycles. The van der Waals surface area contributed by atoms with Gasteiger partial charge in [0.1, 0.15) is 0 Å². The van der Waals surface area contributed by atoms with Crippen LogP contribution in [-0.4, -0.2) is 0 Å². The second-order valence-corrected chi connectivity index (χ2v) is 17.8. The SMILES string of the molecule is CC1CC2CCC1C2.CC1CCC(CC2CCC(C)CC2)CC1.CC1CCCC(C)C1.CCC.CCC1CCCC(C)C1. The summed E-state index contributed by atoms with van der Waals surface area (Å²) in [6.07, 6.45) is 34.5. The first-order valence-electron chi connectivity index (χ1n) is 20.6. The zero-order chi connectivity index (χ0) is 31.6. The summed E-state index contributed by atoms with van der Waals surface area (Å²) in [5, 5.41) is 0. The summed E-state index contributed by atoms with van der Waals surface area (Å²) in [5.41, 5.74) is 0. The summed E-state index contributed by atoms with van der Waals surface area (Å²) in [4.78, 5) is 0. The Kier molecular flexibility index (Phi) is 20.5. The van der Waals surface area contributed by atoms with Crippen LogP contribution in [-0.2, 0) is 0 Å². The minimum atomic E-state index is 1.01. The fourth-order valence-corrected chi connectivity index (χ4v) is 9.83. The first-order valence-corrected chi connectivity index (χ1v) is 20.6. The molecule has 7 unspecified atom stereocenters. The molecule has 0 amide bonds. The highest BCUT2D eigenvalue weighted by Crippen LogP contribution is 2.47. The summed E-state index contributed by atoms with van der Waals surface area (Å²) in [7, 11) is 0. The molecule has 0 heteroatoms. The van der Waals surface area contributed by atoms with Crippen LogP contribution >= 0.6 is 0 Å². The summed E-state index contributed by atoms with van der Waals surface area (Å²) in [6, 6.07) is 0. The maximum atomic E-state index is 2.43. The van der Waals surface area contributed by atoms with Crippen molar-refractivity contribution in [2.24, 2.45) is 65.1 Å². The molecule has 0 aromatic carbocycles. The first kappa shape index (κ1) is 39.2. The number of fused-ring (bicyclic) bond motifs is 2. The lowest BCUT2D eigenvalue weighted by molar-refractivity contribution is 0.201. The highest BCUT2D eigenvalue weighted by atomic mass is 14.4. The van der Waals surface area contributed by atoms with Crippen LogP contribution in [0.4, 0.5) is 0 Å². The lowest BCUT2D eigenvalue weighted by Crippen LogP contribution is -2.19. The Balaban J connectivity index is 0.000000201. The molecule has 0 saturated heterocycles. The van der Waals surface area contributed by atoms with Gasteiger partial charge in [-0.25, -0.2) is 0 Å². The van der Waals surface area contributed by atoms with Crippen molar-refractivity contribution >= 4 is 0 Å². The van der Waals surface area contributed by atoms with Gasteiger partial charge in [-0.2, -0.15) is 0 Å². The van der Waals surface area contributed by atoms with Crippen molar-refractivity contribution < 1.29 is 0 Å². The minimum Gasteiger partial charge on any atom is -0.0656 e. The van der Waals surface area contributed by atoms with Crippen molar-refractivity contribution in [3.05, 3.63) is 0 Å². The minimum absolute atomic E-state index is 1.01. The van der Waals surface area contributed by atoms with Crippen molar-refractivity contribution in [2.45, 2.75) is 210 Å². The summed E-state index contributed by atoms with van der Waals surface area (Å²) < 4.78 is 0. The van der Waals surface area contributed by atoms with E-state index in [0.29, 0.717) is 0 Å². The Morgan fingerprint density at radius 3 is 1.14 bits per heavy atom. The van der Waals surface area contributed by atoms with Crippen molar-refractivity contribution in [3.8, 4) is 0 Å². The van der Waals surface area contributed by atoms with E-state index in [2.05, 4.69) is 62.3 Å². The van der Waals surface area contributed by atoms with Gasteiger partial charge in [0.2, 0.25) is 0 Å². The largest absolute Gasteiger partial charge is 0.0656 e. The van der Waals surface area contributed by atoms with E-state index in [1.807, 2.05) is 0 Å². The van der Waals surface area contributed by atoms with Crippen molar-refractivity contribution in [1.29, 1.82) is 0 Å². The van der Waals surface area contributed by atoms with E-state index in [0.717, 1.165) is 65.1 Å². The monoisotopic (exact) mass is 601 g/mol. The molecule has 6 rings (SSSR count). The van der Waals surface area contributed by atoms with Gasteiger partial charge < -0.3 is 0 Å². The molecule has 6 saturated carbocycles. The standard InChI is InChI=1S/C15H28.C9H18.C8H14.C8H16.C3H8/c1-12-3-7-14(8-4-12)11-15-9-5-13(2)6-10-15;1-3-9-6-4-5-8(2)7-9;1-6-4-7-2-3-8(6)5-7;1-7-4-3-5-8(2)6-7;1-3-2/h12-15H,3-11H2,1-2H3;8-9H,3-7H2,1-2H3;6-8H,2-5H2,1H3;7-8H,3-6H2,1-2H3;3H2,1-2H3. The van der Waals surface area contributed by atoms with E-state index in [9.17, 15) is 0 Å². The summed E-state index contributed by atoms with van der Waals surface area (Å²) in [5.74, 6) is 11.7. The third-order valence-corrected chi connectivity index (χ3v) is 12.9. The zero-order valence-electron chi connectivity index (χ0n) is 31.6. The molecule has 43 heavy (non-hydrogen) atoms. The molecule has 256 valence electrons. The molecule has 0 aromatic heterocycles. The Morgan fingerprint density at radius 2 is 0.860 bits per heavy atom. The second-order valence-electron chi connectivity index (χ2n) is 17.8. The first-order chi connectivity index (χ1) is 20.6. The third-order valence-electron chi connectivity index (χ3n) is 12.9. The van der Waals surface area contributed by atoms with Gasteiger partial charge >= 0.3 is 0 Å². The average Bonchev–Trinajstić information content (AvgIpc) is 3.60. The molecule has 2 bridgehead atoms. The molecule has 0 nitrogen and oxygen atoms in total. The maximum Gasteiger partial charge on any atom is -0.0386 e. The smallest absolute Gasteiger partial charge is 0.0386 e. The number of rotatable bonds is 3. The normalized spacial score (nSPS) is 40.3. The zero-order valence-corrected chi connectivity index (χ0v) is 31.6. The van der Waals surface area contributed by atoms with Gasteiger partial charge in [-0.1, -0.05) is 171 Å². The van der Waals surface area contributed by atoms with Crippen LogP contribution < -0.4 is 0 Å². The Hall–Kier alpha value is 0. The van der Waals surface area contributed by atoms with E-state index in [1.165, 1.54) is 116 Å². The van der Waals surface area contributed by atoms with E-state index in [1.54, 1.807) is 32.1 Å². The lowest BCUT2D eigenvalue weighted by Gasteiger charge is -2.32. The van der Waals surface area contributed by atoms with Crippen LogP contribution in [0.1, 0.15) is 210 Å². The maximum absolute atomic E-state index is 2.43. The van der Waals surface area contributed by atoms with Crippen LogP contribution in [0.5, 0.6) is 0 Å². The van der Waals surface area contributed by atoms with Gasteiger partial charge in [-0.15, -0.1) is 0 Å². The van der Waals surface area contributed by atoms with Crippen molar-refractivity contribution in [1.82, 2.24) is 0 Å². The fourth-order valence-electron chi connectivity index (χ4n) is 9.83. The van der Waals surface area contributed by atoms with Gasteiger partial charge in [0.25, 0.3) is 0 Å². The van der Waals surface area contributed by atoms with Gasteiger partial charge in [-0.05, 0) is 104 Å². The second kappa shape index (κ2) is 22.5. The number of hydrogen-bond donors (Lipinski definition) is 0. The van der Waals surface area contributed by atoms with Crippen LogP contribution in [0.15, 0.2) is 0 Å². The van der Waals surface area contributed by atoms with Crippen LogP contribution in [0, 0.1) is 65.1 Å².